The van der Waals surface area contributed by atoms with Gasteiger partial charge in [0.2, 0.25) is 0 Å². The molecule has 1 atom stereocenters. The van der Waals surface area contributed by atoms with Gasteiger partial charge in [-0.25, -0.2) is 9.59 Å². The minimum Gasteiger partial charge on any atom is -0.464 e. The molecule has 116 valence electrons. The lowest BCUT2D eigenvalue weighted by Crippen LogP contribution is -2.48. The minimum absolute atomic E-state index is 0.283. The SMILES string of the molecule is CCOC(=O)C(C)N(Cc1ccccc1)C(=O)NCCCl. The summed E-state index contributed by atoms with van der Waals surface area (Å²) in [6, 6.07) is 8.48. The summed E-state index contributed by atoms with van der Waals surface area (Å²) in [6.45, 7) is 4.35. The predicted octanol–water partition coefficient (Wildman–Crippen LogP) is 2.39. The van der Waals surface area contributed by atoms with E-state index in [1.165, 1.54) is 4.90 Å². The molecule has 0 spiro atoms. The van der Waals surface area contributed by atoms with Crippen molar-refractivity contribution in [2.45, 2.75) is 26.4 Å². The highest BCUT2D eigenvalue weighted by atomic mass is 35.5. The predicted molar refractivity (Wildman–Crippen MR) is 82.2 cm³/mol. The zero-order valence-electron chi connectivity index (χ0n) is 12.3. The van der Waals surface area contributed by atoms with Crippen molar-refractivity contribution in [2.75, 3.05) is 19.0 Å². The highest BCUT2D eigenvalue weighted by molar-refractivity contribution is 6.18. The monoisotopic (exact) mass is 312 g/mol. The first-order valence-corrected chi connectivity index (χ1v) is 7.44. The fourth-order valence-electron chi connectivity index (χ4n) is 1.81. The maximum atomic E-state index is 12.2. The summed E-state index contributed by atoms with van der Waals surface area (Å²) >= 11 is 5.58. The van der Waals surface area contributed by atoms with Gasteiger partial charge in [0, 0.05) is 19.0 Å². The molecule has 0 aromatic heterocycles. The molecule has 0 aliphatic carbocycles. The fraction of sp³-hybridized carbons (Fsp3) is 0.467. The lowest BCUT2D eigenvalue weighted by atomic mass is 10.2. The van der Waals surface area contributed by atoms with Gasteiger partial charge < -0.3 is 15.0 Å². The number of benzene rings is 1. The number of carbonyl (C=O) groups is 2. The molecular formula is C15H21ClN2O3. The Bertz CT molecular complexity index is 453. The van der Waals surface area contributed by atoms with Crippen LogP contribution in [0.15, 0.2) is 30.3 Å². The molecule has 1 aromatic rings. The van der Waals surface area contributed by atoms with Crippen LogP contribution in [0.25, 0.3) is 0 Å². The lowest BCUT2D eigenvalue weighted by Gasteiger charge is -2.28. The molecule has 6 heteroatoms. The van der Waals surface area contributed by atoms with E-state index < -0.39 is 12.0 Å². The van der Waals surface area contributed by atoms with Gasteiger partial charge in [-0.2, -0.15) is 0 Å². The van der Waals surface area contributed by atoms with Crippen molar-refractivity contribution in [1.29, 1.82) is 0 Å². The van der Waals surface area contributed by atoms with Gasteiger partial charge in [-0.3, -0.25) is 0 Å². The van der Waals surface area contributed by atoms with E-state index in [-0.39, 0.29) is 12.6 Å². The summed E-state index contributed by atoms with van der Waals surface area (Å²) in [5.74, 6) is -0.104. The molecule has 0 aliphatic heterocycles. The number of rotatable bonds is 7. The van der Waals surface area contributed by atoms with Crippen molar-refractivity contribution in [3.63, 3.8) is 0 Å². The van der Waals surface area contributed by atoms with Crippen molar-refractivity contribution >= 4 is 23.6 Å². The Labute approximate surface area is 130 Å². The molecule has 5 nitrogen and oxygen atoms in total. The summed E-state index contributed by atoms with van der Waals surface area (Å²) < 4.78 is 4.99. The first kappa shape index (κ1) is 17.3. The summed E-state index contributed by atoms with van der Waals surface area (Å²) in [5.41, 5.74) is 0.940. The summed E-state index contributed by atoms with van der Waals surface area (Å²) in [7, 11) is 0. The van der Waals surface area contributed by atoms with Crippen LogP contribution in [0.5, 0.6) is 0 Å². The number of ether oxygens (including phenoxy) is 1. The Kier molecular flexibility index (Phi) is 7.61. The van der Waals surface area contributed by atoms with Gasteiger partial charge in [0.1, 0.15) is 6.04 Å². The third-order valence-electron chi connectivity index (χ3n) is 2.92. The molecule has 0 radical (unpaired) electrons. The van der Waals surface area contributed by atoms with Crippen LogP contribution in [0, 0.1) is 0 Å². The molecule has 0 fully saturated rings. The van der Waals surface area contributed by atoms with Crippen LogP contribution in [-0.4, -0.2) is 42.0 Å². The number of nitrogens with one attached hydrogen (secondary N) is 1. The van der Waals surface area contributed by atoms with Gasteiger partial charge in [-0.15, -0.1) is 11.6 Å². The smallest absolute Gasteiger partial charge is 0.328 e. The third kappa shape index (κ3) is 5.63. The summed E-state index contributed by atoms with van der Waals surface area (Å²) in [4.78, 5) is 25.5. The van der Waals surface area contributed by atoms with Crippen LogP contribution in [0.2, 0.25) is 0 Å². The maximum absolute atomic E-state index is 12.2. The Morgan fingerprint density at radius 2 is 2.00 bits per heavy atom. The second-order valence-electron chi connectivity index (χ2n) is 4.46. The van der Waals surface area contributed by atoms with E-state index in [4.69, 9.17) is 16.3 Å². The van der Waals surface area contributed by atoms with E-state index in [0.29, 0.717) is 19.0 Å². The molecule has 1 unspecified atom stereocenters. The Morgan fingerprint density at radius 1 is 1.33 bits per heavy atom. The van der Waals surface area contributed by atoms with Crippen LogP contribution in [-0.2, 0) is 16.1 Å². The standard InChI is InChI=1S/C15H21ClN2O3/c1-3-21-14(19)12(2)18(15(20)17-10-9-16)11-13-7-5-4-6-8-13/h4-8,12H,3,9-11H2,1-2H3,(H,17,20). The van der Waals surface area contributed by atoms with Crippen LogP contribution in [0.3, 0.4) is 0 Å². The lowest BCUT2D eigenvalue weighted by molar-refractivity contribution is -0.148. The molecule has 21 heavy (non-hydrogen) atoms. The van der Waals surface area contributed by atoms with Crippen molar-refractivity contribution in [1.82, 2.24) is 10.2 Å². The molecule has 0 saturated carbocycles. The fourth-order valence-corrected chi connectivity index (χ4v) is 1.91. The van der Waals surface area contributed by atoms with Crippen LogP contribution in [0.4, 0.5) is 4.79 Å². The van der Waals surface area contributed by atoms with E-state index in [1.807, 2.05) is 30.3 Å². The van der Waals surface area contributed by atoms with Crippen molar-refractivity contribution in [3.05, 3.63) is 35.9 Å². The Morgan fingerprint density at radius 3 is 2.57 bits per heavy atom. The van der Waals surface area contributed by atoms with Gasteiger partial charge >= 0.3 is 12.0 Å². The average Bonchev–Trinajstić information content (AvgIpc) is 2.50. The van der Waals surface area contributed by atoms with Gasteiger partial charge in [0.05, 0.1) is 6.61 Å². The third-order valence-corrected chi connectivity index (χ3v) is 3.11. The van der Waals surface area contributed by atoms with Crippen molar-refractivity contribution < 1.29 is 14.3 Å². The number of halogens is 1. The largest absolute Gasteiger partial charge is 0.464 e. The van der Waals surface area contributed by atoms with E-state index in [2.05, 4.69) is 5.32 Å². The Balaban J connectivity index is 2.83. The molecule has 0 heterocycles. The normalized spacial score (nSPS) is 11.6. The van der Waals surface area contributed by atoms with Gasteiger partial charge in [0.25, 0.3) is 0 Å². The zero-order chi connectivity index (χ0) is 15.7. The minimum atomic E-state index is -0.666. The van der Waals surface area contributed by atoms with Gasteiger partial charge in [-0.1, -0.05) is 30.3 Å². The van der Waals surface area contributed by atoms with Crippen LogP contribution >= 0.6 is 11.6 Å². The molecule has 1 N–H and O–H groups in total. The highest BCUT2D eigenvalue weighted by Gasteiger charge is 2.26. The van der Waals surface area contributed by atoms with Crippen LogP contribution in [0.1, 0.15) is 19.4 Å². The molecule has 0 aliphatic rings. The number of hydrogen-bond acceptors (Lipinski definition) is 3. The van der Waals surface area contributed by atoms with Crippen molar-refractivity contribution in [2.24, 2.45) is 0 Å². The maximum Gasteiger partial charge on any atom is 0.328 e. The summed E-state index contributed by atoms with van der Waals surface area (Å²) in [5, 5.41) is 2.68. The second-order valence-corrected chi connectivity index (χ2v) is 4.84. The quantitative estimate of drug-likeness (QED) is 0.621. The van der Waals surface area contributed by atoms with Crippen LogP contribution < -0.4 is 5.32 Å². The molecular weight excluding hydrogens is 292 g/mol. The average molecular weight is 313 g/mol. The summed E-state index contributed by atoms with van der Waals surface area (Å²) in [6.07, 6.45) is 0. The van der Waals surface area contributed by atoms with E-state index in [0.717, 1.165) is 5.56 Å². The first-order valence-electron chi connectivity index (χ1n) is 6.91. The van der Waals surface area contributed by atoms with Gasteiger partial charge in [-0.05, 0) is 19.4 Å². The number of alkyl halides is 1. The van der Waals surface area contributed by atoms with Gasteiger partial charge in [0.15, 0.2) is 0 Å². The van der Waals surface area contributed by atoms with E-state index in [1.54, 1.807) is 13.8 Å². The topological polar surface area (TPSA) is 58.6 Å². The molecule has 1 rings (SSSR count). The zero-order valence-corrected chi connectivity index (χ0v) is 13.1. The number of esters is 1. The van der Waals surface area contributed by atoms with E-state index >= 15 is 0 Å². The number of amides is 2. The second kappa shape index (κ2) is 9.23. The number of nitrogens with zero attached hydrogens (tertiary/aromatic N) is 1. The first-order chi connectivity index (χ1) is 10.1. The highest BCUT2D eigenvalue weighted by Crippen LogP contribution is 2.10. The number of carbonyl (C=O) groups excluding carboxylic acids is 2. The molecule has 0 bridgehead atoms. The Hall–Kier alpha value is -1.75. The van der Waals surface area contributed by atoms with Crippen molar-refractivity contribution in [3.8, 4) is 0 Å². The number of hydrogen-bond donors (Lipinski definition) is 1. The number of urea groups is 1. The van der Waals surface area contributed by atoms with E-state index in [9.17, 15) is 9.59 Å². The molecule has 2 amide bonds. The molecule has 0 saturated heterocycles. The molecule has 1 aromatic carbocycles.